The minimum atomic E-state index is -0.234. The van der Waals surface area contributed by atoms with Crippen molar-refractivity contribution in [1.82, 2.24) is 20.5 Å². The van der Waals surface area contributed by atoms with Crippen molar-refractivity contribution < 1.29 is 9.21 Å². The van der Waals surface area contributed by atoms with Crippen LogP contribution < -0.4 is 5.32 Å². The Labute approximate surface area is 137 Å². The van der Waals surface area contributed by atoms with E-state index in [9.17, 15) is 4.79 Å². The molecule has 6 nitrogen and oxygen atoms in total. The largest absolute Gasteiger partial charge is 0.421 e. The lowest BCUT2D eigenvalue weighted by Crippen LogP contribution is -2.26. The van der Waals surface area contributed by atoms with Crippen LogP contribution in [0.1, 0.15) is 16.2 Å². The van der Waals surface area contributed by atoms with Crippen LogP contribution in [0.4, 0.5) is 0 Å². The van der Waals surface area contributed by atoms with Gasteiger partial charge < -0.3 is 9.73 Å². The number of amides is 1. The Morgan fingerprint density at radius 2 is 2.04 bits per heavy atom. The zero-order chi connectivity index (χ0) is 16.1. The molecule has 0 aliphatic rings. The SMILES string of the molecule is O=C(NCCc1nnc(-c2cccnc2)o1)c1ccccc1Cl. The first kappa shape index (κ1) is 15.2. The molecule has 0 spiro atoms. The van der Waals surface area contributed by atoms with Crippen LogP contribution in [-0.4, -0.2) is 27.6 Å². The molecule has 1 N–H and O–H groups in total. The average Bonchev–Trinajstić information content (AvgIpc) is 3.05. The second-order valence-corrected chi connectivity index (χ2v) is 5.14. The van der Waals surface area contributed by atoms with Gasteiger partial charge >= 0.3 is 0 Å². The minimum absolute atomic E-state index is 0.234. The topological polar surface area (TPSA) is 80.9 Å². The molecule has 2 aromatic heterocycles. The van der Waals surface area contributed by atoms with Crippen LogP contribution in [0.15, 0.2) is 53.2 Å². The summed E-state index contributed by atoms with van der Waals surface area (Å²) in [6.07, 6.45) is 3.75. The van der Waals surface area contributed by atoms with Gasteiger partial charge in [0.05, 0.1) is 16.1 Å². The molecule has 0 atom stereocenters. The maximum atomic E-state index is 12.0. The van der Waals surface area contributed by atoms with Crippen LogP contribution in [0.25, 0.3) is 11.5 Å². The van der Waals surface area contributed by atoms with E-state index in [4.69, 9.17) is 16.0 Å². The maximum absolute atomic E-state index is 12.0. The minimum Gasteiger partial charge on any atom is -0.421 e. The average molecular weight is 329 g/mol. The van der Waals surface area contributed by atoms with Crippen molar-refractivity contribution in [3.05, 3.63) is 65.3 Å². The number of carbonyl (C=O) groups is 1. The van der Waals surface area contributed by atoms with Gasteiger partial charge in [-0.1, -0.05) is 23.7 Å². The second kappa shape index (κ2) is 7.02. The highest BCUT2D eigenvalue weighted by Gasteiger charge is 2.11. The number of rotatable bonds is 5. The van der Waals surface area contributed by atoms with Gasteiger partial charge in [0.1, 0.15) is 0 Å². The maximum Gasteiger partial charge on any atom is 0.252 e. The Kier molecular flexibility index (Phi) is 4.63. The summed E-state index contributed by atoms with van der Waals surface area (Å²) < 4.78 is 5.54. The summed E-state index contributed by atoms with van der Waals surface area (Å²) in [5.74, 6) is 0.622. The highest BCUT2D eigenvalue weighted by Crippen LogP contribution is 2.16. The van der Waals surface area contributed by atoms with Crippen LogP contribution in [0.3, 0.4) is 0 Å². The molecule has 0 saturated heterocycles. The number of halogens is 1. The van der Waals surface area contributed by atoms with E-state index >= 15 is 0 Å². The molecular weight excluding hydrogens is 316 g/mol. The quantitative estimate of drug-likeness (QED) is 0.779. The fourth-order valence-electron chi connectivity index (χ4n) is 1.98. The van der Waals surface area contributed by atoms with E-state index in [1.165, 1.54) is 0 Å². The third-order valence-electron chi connectivity index (χ3n) is 3.12. The summed E-state index contributed by atoms with van der Waals surface area (Å²) in [5.41, 5.74) is 1.20. The van der Waals surface area contributed by atoms with E-state index in [0.29, 0.717) is 35.3 Å². The molecule has 0 aliphatic carbocycles. The number of hydrogen-bond donors (Lipinski definition) is 1. The van der Waals surface area contributed by atoms with Crippen LogP contribution in [0.5, 0.6) is 0 Å². The molecule has 7 heteroatoms. The van der Waals surface area contributed by atoms with Gasteiger partial charge in [-0.2, -0.15) is 0 Å². The molecule has 0 bridgehead atoms. The Morgan fingerprint density at radius 3 is 2.83 bits per heavy atom. The molecule has 0 saturated carbocycles. The van der Waals surface area contributed by atoms with E-state index in [1.54, 1.807) is 42.7 Å². The lowest BCUT2D eigenvalue weighted by molar-refractivity contribution is 0.0954. The molecule has 23 heavy (non-hydrogen) atoms. The van der Waals surface area contributed by atoms with E-state index in [2.05, 4.69) is 20.5 Å². The molecule has 3 aromatic rings. The Morgan fingerprint density at radius 1 is 1.17 bits per heavy atom. The van der Waals surface area contributed by atoms with Crippen molar-refractivity contribution >= 4 is 17.5 Å². The molecule has 0 unspecified atom stereocenters. The smallest absolute Gasteiger partial charge is 0.252 e. The number of pyridine rings is 1. The summed E-state index contributed by atoms with van der Waals surface area (Å²) in [4.78, 5) is 16.0. The van der Waals surface area contributed by atoms with Gasteiger partial charge in [-0.3, -0.25) is 9.78 Å². The number of nitrogens with zero attached hydrogens (tertiary/aromatic N) is 3. The third kappa shape index (κ3) is 3.73. The van der Waals surface area contributed by atoms with E-state index in [1.807, 2.05) is 6.07 Å². The van der Waals surface area contributed by atoms with Gasteiger partial charge in [0.25, 0.3) is 5.91 Å². The Balaban J connectivity index is 1.56. The fourth-order valence-corrected chi connectivity index (χ4v) is 2.21. The molecule has 0 aliphatic heterocycles. The molecule has 0 fully saturated rings. The molecule has 1 amide bonds. The highest BCUT2D eigenvalue weighted by atomic mass is 35.5. The van der Waals surface area contributed by atoms with Crippen molar-refractivity contribution in [1.29, 1.82) is 0 Å². The summed E-state index contributed by atoms with van der Waals surface area (Å²) in [7, 11) is 0. The fraction of sp³-hybridized carbons (Fsp3) is 0.125. The van der Waals surface area contributed by atoms with Crippen molar-refractivity contribution in [2.24, 2.45) is 0 Å². The van der Waals surface area contributed by atoms with Crippen LogP contribution in [0, 0.1) is 0 Å². The van der Waals surface area contributed by atoms with E-state index in [0.717, 1.165) is 5.56 Å². The molecule has 0 radical (unpaired) electrons. The van der Waals surface area contributed by atoms with Crippen LogP contribution in [-0.2, 0) is 6.42 Å². The van der Waals surface area contributed by atoms with Gasteiger partial charge in [-0.15, -0.1) is 10.2 Å². The van der Waals surface area contributed by atoms with Crippen LogP contribution in [0.2, 0.25) is 5.02 Å². The zero-order valence-corrected chi connectivity index (χ0v) is 12.8. The van der Waals surface area contributed by atoms with Crippen molar-refractivity contribution in [3.63, 3.8) is 0 Å². The number of benzene rings is 1. The molecular formula is C16H13ClN4O2. The molecule has 1 aromatic carbocycles. The summed E-state index contributed by atoms with van der Waals surface area (Å²) in [5, 5.41) is 11.1. The normalized spacial score (nSPS) is 10.5. The monoisotopic (exact) mass is 328 g/mol. The number of hydrogen-bond acceptors (Lipinski definition) is 5. The number of aromatic nitrogens is 3. The first-order chi connectivity index (χ1) is 11.2. The van der Waals surface area contributed by atoms with Crippen molar-refractivity contribution in [2.75, 3.05) is 6.54 Å². The number of carbonyl (C=O) groups excluding carboxylic acids is 1. The van der Waals surface area contributed by atoms with Gasteiger partial charge in [-0.25, -0.2) is 0 Å². The molecule has 2 heterocycles. The summed E-state index contributed by atoms with van der Waals surface area (Å²) >= 11 is 5.98. The lowest BCUT2D eigenvalue weighted by atomic mass is 10.2. The van der Waals surface area contributed by atoms with Gasteiger partial charge in [0, 0.05) is 25.4 Å². The van der Waals surface area contributed by atoms with E-state index < -0.39 is 0 Å². The van der Waals surface area contributed by atoms with Gasteiger partial charge in [0.15, 0.2) is 0 Å². The summed E-state index contributed by atoms with van der Waals surface area (Å²) in [6.45, 7) is 0.374. The summed E-state index contributed by atoms with van der Waals surface area (Å²) in [6, 6.07) is 10.5. The zero-order valence-electron chi connectivity index (χ0n) is 12.1. The predicted molar refractivity (Wildman–Crippen MR) is 85.0 cm³/mol. The lowest BCUT2D eigenvalue weighted by Gasteiger charge is -2.04. The third-order valence-corrected chi connectivity index (χ3v) is 3.45. The first-order valence-electron chi connectivity index (χ1n) is 6.99. The predicted octanol–water partition coefficient (Wildman–Crippen LogP) is 2.76. The Bertz CT molecular complexity index is 805. The number of nitrogens with one attached hydrogen (secondary N) is 1. The van der Waals surface area contributed by atoms with E-state index in [-0.39, 0.29) is 5.91 Å². The standard InChI is InChI=1S/C16H13ClN4O2/c17-13-6-2-1-5-12(13)15(22)19-9-7-14-20-21-16(23-14)11-4-3-8-18-10-11/h1-6,8,10H,7,9H2,(H,19,22). The van der Waals surface area contributed by atoms with Crippen LogP contribution >= 0.6 is 11.6 Å². The second-order valence-electron chi connectivity index (χ2n) is 4.73. The van der Waals surface area contributed by atoms with Gasteiger partial charge in [0.2, 0.25) is 11.8 Å². The van der Waals surface area contributed by atoms with Gasteiger partial charge in [-0.05, 0) is 24.3 Å². The van der Waals surface area contributed by atoms with Crippen molar-refractivity contribution in [3.8, 4) is 11.5 Å². The van der Waals surface area contributed by atoms with Crippen molar-refractivity contribution in [2.45, 2.75) is 6.42 Å². The highest BCUT2D eigenvalue weighted by molar-refractivity contribution is 6.33. The first-order valence-corrected chi connectivity index (χ1v) is 7.37. The Hall–Kier alpha value is -2.73. The molecule has 116 valence electrons. The molecule has 3 rings (SSSR count).